The van der Waals surface area contributed by atoms with Crippen LogP contribution in [0.15, 0.2) is 48.5 Å². The molecule has 18 heteroatoms. The third kappa shape index (κ3) is 8.54. The molecule has 1 aliphatic rings. The number of nitrogens with one attached hydrogen (secondary N) is 2. The van der Waals surface area contributed by atoms with E-state index in [1.807, 2.05) is 0 Å². The van der Waals surface area contributed by atoms with Crippen LogP contribution in [0.4, 0.5) is 16.2 Å². The third-order valence-electron chi connectivity index (χ3n) is 7.12. The summed E-state index contributed by atoms with van der Waals surface area (Å²) in [5, 5.41) is 26.7. The lowest BCUT2D eigenvalue weighted by Crippen LogP contribution is -2.68. The van der Waals surface area contributed by atoms with Gasteiger partial charge in [0.15, 0.2) is 0 Å². The van der Waals surface area contributed by atoms with Crippen molar-refractivity contribution in [1.82, 2.24) is 15.5 Å². The number of non-ortho nitro benzene ring substituents is 2. The van der Waals surface area contributed by atoms with Gasteiger partial charge in [-0.25, -0.2) is 9.59 Å². The molecule has 1 heterocycles. The second kappa shape index (κ2) is 15.1. The maximum Gasteiger partial charge on any atom is 0.441 e. The maximum atomic E-state index is 13.0. The Kier molecular flexibility index (Phi) is 11.3. The summed E-state index contributed by atoms with van der Waals surface area (Å²) >= 11 is 0. The highest BCUT2D eigenvalue weighted by atomic mass is 16.6. The highest BCUT2D eigenvalue weighted by Crippen LogP contribution is 2.26. The smallest absolute Gasteiger partial charge is 0.441 e. The van der Waals surface area contributed by atoms with Crippen LogP contribution in [0.2, 0.25) is 0 Å². The van der Waals surface area contributed by atoms with Gasteiger partial charge in [-0.2, -0.15) is 4.79 Å². The summed E-state index contributed by atoms with van der Waals surface area (Å²) in [6, 6.07) is 8.76. The minimum Gasteiger partial charge on any atom is -0.452 e. The highest BCUT2D eigenvalue weighted by molar-refractivity contribution is 6.62. The van der Waals surface area contributed by atoms with E-state index in [-0.39, 0.29) is 24.6 Å². The van der Waals surface area contributed by atoms with Crippen molar-refractivity contribution in [2.24, 2.45) is 11.8 Å². The number of amides is 3. The van der Waals surface area contributed by atoms with E-state index in [1.54, 1.807) is 0 Å². The molecule has 3 amide bonds. The molecule has 2 N–H and O–H groups in total. The number of nitro groups is 2. The fraction of sp³-hybridized carbons (Fsp3) is 0.357. The average molecular weight is 640 g/mol. The number of ketones is 1. The molecule has 0 radical (unpaired) electrons. The molecule has 1 unspecified atom stereocenters. The predicted molar refractivity (Wildman–Crippen MR) is 155 cm³/mol. The summed E-state index contributed by atoms with van der Waals surface area (Å²) in [6.45, 7) is 1.88. The van der Waals surface area contributed by atoms with Crippen molar-refractivity contribution in [1.29, 1.82) is 0 Å². The summed E-state index contributed by atoms with van der Waals surface area (Å²) in [7, 11) is 1.30. The number of Topliss-reactive ketones (excluding diaryl/α,β-unsaturated/α-hetero) is 1. The molecule has 2 aromatic carbocycles. The van der Waals surface area contributed by atoms with Crippen molar-refractivity contribution in [2.75, 3.05) is 13.6 Å². The van der Waals surface area contributed by atoms with Gasteiger partial charge in [-0.3, -0.25) is 34.6 Å². The molecule has 0 saturated carbocycles. The van der Waals surface area contributed by atoms with Crippen LogP contribution in [0.25, 0.3) is 5.53 Å². The summed E-state index contributed by atoms with van der Waals surface area (Å²) < 4.78 is 10.1. The number of nitrogens with zero attached hydrogens (tertiary/aromatic N) is 5. The lowest BCUT2D eigenvalue weighted by Gasteiger charge is -2.42. The molecule has 0 aliphatic carbocycles. The monoisotopic (exact) mass is 639 g/mol. The maximum absolute atomic E-state index is 13.0. The Balaban J connectivity index is 1.51. The number of carbonyl (C=O) groups excluding carboxylic acids is 5. The fourth-order valence-corrected chi connectivity index (χ4v) is 4.53. The van der Waals surface area contributed by atoms with Crippen LogP contribution in [-0.4, -0.2) is 80.6 Å². The number of esters is 1. The van der Waals surface area contributed by atoms with E-state index in [0.717, 1.165) is 4.90 Å². The van der Waals surface area contributed by atoms with Crippen LogP contribution in [-0.2, 0) is 41.9 Å². The molecule has 2 aromatic rings. The normalized spacial score (nSPS) is 16.3. The predicted octanol–water partition coefficient (Wildman–Crippen LogP) is 1.31. The standard InChI is InChI=1S/C28H29N7O11/c1-15(25(37)24(32-29)27(39)45-13-17-4-8-19(9-5-17)34(41)42)23-22(26(38)31-23)16(2)30-21(36)12-33(3)28(40)46-14-18-6-10-20(11-7-18)35(43)44/h4-11,15-16,22-23H,12-14H2,1-3H3,(H,30,36)(H,31,38)/t15?,16-,22-,23-/m1/s1. The third-order valence-corrected chi connectivity index (χ3v) is 7.12. The number of hydrogen-bond acceptors (Lipinski definition) is 11. The van der Waals surface area contributed by atoms with Crippen molar-refractivity contribution in [3.63, 3.8) is 0 Å². The summed E-state index contributed by atoms with van der Waals surface area (Å²) in [4.78, 5) is 86.9. The summed E-state index contributed by atoms with van der Waals surface area (Å²) in [5.74, 6) is -5.34. The second-order valence-corrected chi connectivity index (χ2v) is 10.4. The Morgan fingerprint density at radius 1 is 0.957 bits per heavy atom. The molecule has 0 bridgehead atoms. The molecular weight excluding hydrogens is 610 g/mol. The molecule has 1 saturated heterocycles. The van der Waals surface area contributed by atoms with Crippen LogP contribution in [0.3, 0.4) is 0 Å². The zero-order valence-electron chi connectivity index (χ0n) is 24.8. The second-order valence-electron chi connectivity index (χ2n) is 10.4. The number of β-lactam (4-membered cyclic amide) rings is 1. The van der Waals surface area contributed by atoms with Gasteiger partial charge < -0.3 is 30.5 Å². The molecule has 1 aliphatic heterocycles. The number of likely N-dealkylation sites (N-methyl/N-ethyl adjacent to an activating group) is 1. The zero-order valence-corrected chi connectivity index (χ0v) is 24.8. The Morgan fingerprint density at radius 3 is 1.91 bits per heavy atom. The van der Waals surface area contributed by atoms with Crippen LogP contribution >= 0.6 is 0 Å². The number of rotatable bonds is 14. The van der Waals surface area contributed by atoms with Gasteiger partial charge >= 0.3 is 17.8 Å². The number of hydrogen-bond donors (Lipinski definition) is 2. The van der Waals surface area contributed by atoms with Crippen molar-refractivity contribution >= 4 is 46.7 Å². The molecular formula is C28H29N7O11. The van der Waals surface area contributed by atoms with E-state index in [2.05, 4.69) is 15.4 Å². The van der Waals surface area contributed by atoms with Gasteiger partial charge in [-0.1, -0.05) is 6.92 Å². The van der Waals surface area contributed by atoms with E-state index in [4.69, 9.17) is 9.47 Å². The number of nitro benzene ring substituents is 2. The van der Waals surface area contributed by atoms with Crippen molar-refractivity contribution in [2.45, 2.75) is 39.1 Å². The van der Waals surface area contributed by atoms with E-state index in [9.17, 15) is 49.7 Å². The number of carbonyl (C=O) groups is 5. The van der Waals surface area contributed by atoms with Crippen LogP contribution in [0.5, 0.6) is 0 Å². The fourth-order valence-electron chi connectivity index (χ4n) is 4.53. The molecule has 46 heavy (non-hydrogen) atoms. The summed E-state index contributed by atoms with van der Waals surface area (Å²) in [6.07, 6.45) is -0.851. The van der Waals surface area contributed by atoms with Gasteiger partial charge in [0, 0.05) is 43.3 Å². The van der Waals surface area contributed by atoms with Gasteiger partial charge in [-0.05, 0) is 42.3 Å². The first-order valence-corrected chi connectivity index (χ1v) is 13.6. The molecule has 0 spiro atoms. The Bertz CT molecular complexity index is 1590. The van der Waals surface area contributed by atoms with Gasteiger partial charge in [-0.15, -0.1) is 0 Å². The van der Waals surface area contributed by atoms with Gasteiger partial charge in [0.25, 0.3) is 17.2 Å². The average Bonchev–Trinajstić information content (AvgIpc) is 3.01. The van der Waals surface area contributed by atoms with E-state index >= 15 is 0 Å². The SMILES string of the molecule is CC(C(=O)C(=[N+]=[N-])C(=O)OCc1ccc([N+](=O)[O-])cc1)[C@H]1NC(=O)[C@@H]1[C@@H](C)NC(=O)CN(C)C(=O)OCc1ccc([N+](=O)[O-])cc1. The van der Waals surface area contributed by atoms with Crippen molar-refractivity contribution in [3.05, 3.63) is 85.4 Å². The molecule has 18 nitrogen and oxygen atoms in total. The summed E-state index contributed by atoms with van der Waals surface area (Å²) in [5.41, 5.74) is 9.00. The van der Waals surface area contributed by atoms with E-state index in [1.165, 1.54) is 69.4 Å². The first kappa shape index (κ1) is 34.5. The quantitative estimate of drug-likeness (QED) is 0.0435. The lowest BCUT2D eigenvalue weighted by atomic mass is 9.75. The van der Waals surface area contributed by atoms with Gasteiger partial charge in [0.1, 0.15) is 19.8 Å². The van der Waals surface area contributed by atoms with Crippen LogP contribution in [0, 0.1) is 32.1 Å². The van der Waals surface area contributed by atoms with Crippen LogP contribution in [0.1, 0.15) is 25.0 Å². The van der Waals surface area contributed by atoms with E-state index < -0.39 is 75.7 Å². The Labute approximate surface area is 260 Å². The number of ether oxygens (including phenoxy) is 2. The molecule has 242 valence electrons. The first-order chi connectivity index (χ1) is 21.7. The van der Waals surface area contributed by atoms with Gasteiger partial charge in [0.05, 0.1) is 21.8 Å². The minimum absolute atomic E-state index is 0.125. The van der Waals surface area contributed by atoms with Crippen molar-refractivity contribution < 1.29 is 48.1 Å². The Morgan fingerprint density at radius 2 is 1.46 bits per heavy atom. The Hall–Kier alpha value is -6.03. The minimum atomic E-state index is -1.26. The first-order valence-electron chi connectivity index (χ1n) is 13.6. The van der Waals surface area contributed by atoms with Gasteiger partial charge in [0.2, 0.25) is 11.8 Å². The molecule has 0 aromatic heterocycles. The highest BCUT2D eigenvalue weighted by Gasteiger charge is 2.50. The van der Waals surface area contributed by atoms with E-state index in [0.29, 0.717) is 11.1 Å². The lowest BCUT2D eigenvalue weighted by molar-refractivity contribution is -0.385. The van der Waals surface area contributed by atoms with Crippen molar-refractivity contribution in [3.8, 4) is 0 Å². The molecule has 1 fully saturated rings. The molecule has 4 atom stereocenters. The topological polar surface area (TPSA) is 254 Å². The zero-order chi connectivity index (χ0) is 34.1. The number of benzene rings is 2. The largest absolute Gasteiger partial charge is 0.452 e. The van der Waals surface area contributed by atoms with Crippen LogP contribution < -0.4 is 10.6 Å². The molecule has 3 rings (SSSR count).